The average molecular weight is 445 g/mol. The van der Waals surface area contributed by atoms with Crippen LogP contribution in [0.1, 0.15) is 59.3 Å². The molecular formula is C23H34F2O6. The highest BCUT2D eigenvalue weighted by molar-refractivity contribution is 5.86. The van der Waals surface area contributed by atoms with Crippen LogP contribution in [-0.4, -0.2) is 50.6 Å². The van der Waals surface area contributed by atoms with E-state index in [1.165, 1.54) is 0 Å². The van der Waals surface area contributed by atoms with Crippen LogP contribution < -0.4 is 0 Å². The largest absolute Gasteiger partial charge is 0.461 e. The van der Waals surface area contributed by atoms with Crippen LogP contribution in [0.2, 0.25) is 0 Å². The van der Waals surface area contributed by atoms with Gasteiger partial charge in [-0.3, -0.25) is 0 Å². The molecule has 0 aromatic heterocycles. The Labute approximate surface area is 182 Å². The lowest BCUT2D eigenvalue weighted by Gasteiger charge is -2.61. The van der Waals surface area contributed by atoms with Crippen molar-refractivity contribution in [2.75, 3.05) is 26.4 Å². The molecular weight excluding hydrogens is 410 g/mol. The molecule has 8 heteroatoms. The van der Waals surface area contributed by atoms with Gasteiger partial charge in [-0.1, -0.05) is 6.58 Å². The summed E-state index contributed by atoms with van der Waals surface area (Å²) in [6.07, 6.45) is 5.46. The predicted octanol–water partition coefficient (Wildman–Crippen LogP) is 4.27. The first-order valence-electron chi connectivity index (χ1n) is 11.0. The molecule has 3 unspecified atom stereocenters. The van der Waals surface area contributed by atoms with E-state index in [9.17, 15) is 18.4 Å². The summed E-state index contributed by atoms with van der Waals surface area (Å²) in [6, 6.07) is 0. The Hall–Kier alpha value is -1.54. The van der Waals surface area contributed by atoms with Crippen molar-refractivity contribution >= 4 is 11.9 Å². The molecule has 4 aliphatic rings. The first kappa shape index (κ1) is 24.1. The number of carbonyl (C=O) groups excluding carboxylic acids is 2. The molecule has 0 aromatic rings. The van der Waals surface area contributed by atoms with Gasteiger partial charge in [-0.05, 0) is 69.6 Å². The van der Waals surface area contributed by atoms with Crippen LogP contribution in [0, 0.1) is 22.7 Å². The Kier molecular flexibility index (Phi) is 7.11. The topological polar surface area (TPSA) is 71.1 Å². The van der Waals surface area contributed by atoms with Gasteiger partial charge in [-0.2, -0.15) is 8.78 Å². The average Bonchev–Trinajstić information content (AvgIpc) is 2.66. The third-order valence-corrected chi connectivity index (χ3v) is 6.81. The van der Waals surface area contributed by atoms with Crippen LogP contribution in [0.3, 0.4) is 0 Å². The van der Waals surface area contributed by atoms with Crippen LogP contribution in [-0.2, 0) is 28.5 Å². The molecule has 4 rings (SSSR count). The van der Waals surface area contributed by atoms with Crippen molar-refractivity contribution in [3.05, 3.63) is 12.2 Å². The number of hydrogen-bond donors (Lipinski definition) is 0. The monoisotopic (exact) mass is 444 g/mol. The van der Waals surface area contributed by atoms with E-state index in [1.807, 2.05) is 6.92 Å². The Morgan fingerprint density at radius 1 is 1.03 bits per heavy atom. The maximum absolute atomic E-state index is 13.2. The zero-order valence-electron chi connectivity index (χ0n) is 18.7. The minimum Gasteiger partial charge on any atom is -0.461 e. The lowest BCUT2D eigenvalue weighted by Crippen LogP contribution is -2.55. The molecule has 4 aliphatic carbocycles. The minimum absolute atomic E-state index is 0.0325. The zero-order chi connectivity index (χ0) is 22.9. The standard InChI is InChI=1S/C23H34F2O6/c1-15(2)19(26)29-6-5-28-16(3)30-13-22-8-17-7-18(9-22)11-23(10-17,12-22)14-31-20(27)21(4,24)25/h16-18H,1,5-14H2,2-4H3. The van der Waals surface area contributed by atoms with Crippen molar-refractivity contribution in [1.82, 2.24) is 0 Å². The van der Waals surface area contributed by atoms with Crippen molar-refractivity contribution in [3.8, 4) is 0 Å². The predicted molar refractivity (Wildman–Crippen MR) is 108 cm³/mol. The summed E-state index contributed by atoms with van der Waals surface area (Å²) in [5.41, 5.74) is 0.0816. The van der Waals surface area contributed by atoms with Crippen molar-refractivity contribution in [1.29, 1.82) is 0 Å². The van der Waals surface area contributed by atoms with E-state index in [0.29, 0.717) is 30.9 Å². The SMILES string of the molecule is C=C(C)C(=O)OCCOC(C)OCC12CC3CC(CC(COC(=O)C(C)(F)F)(C3)C1)C2. The van der Waals surface area contributed by atoms with Gasteiger partial charge in [-0.15, -0.1) is 0 Å². The summed E-state index contributed by atoms with van der Waals surface area (Å²) in [5, 5.41) is 0. The van der Waals surface area contributed by atoms with E-state index < -0.39 is 24.2 Å². The van der Waals surface area contributed by atoms with Gasteiger partial charge in [0.25, 0.3) is 0 Å². The normalized spacial score (nSPS) is 32.5. The second kappa shape index (κ2) is 9.14. The number of carbonyl (C=O) groups is 2. The quantitative estimate of drug-likeness (QED) is 0.205. The highest BCUT2D eigenvalue weighted by atomic mass is 19.3. The highest BCUT2D eigenvalue weighted by Gasteiger charge is 2.58. The van der Waals surface area contributed by atoms with Gasteiger partial charge in [0.15, 0.2) is 6.29 Å². The van der Waals surface area contributed by atoms with Gasteiger partial charge in [0.1, 0.15) is 6.61 Å². The number of ether oxygens (including phenoxy) is 4. The van der Waals surface area contributed by atoms with E-state index in [1.54, 1.807) is 6.92 Å². The Bertz CT molecular complexity index is 687. The smallest absolute Gasteiger partial charge is 0.376 e. The molecule has 31 heavy (non-hydrogen) atoms. The van der Waals surface area contributed by atoms with Gasteiger partial charge in [0, 0.05) is 17.9 Å². The lowest BCUT2D eigenvalue weighted by molar-refractivity contribution is -0.207. The maximum Gasteiger partial charge on any atom is 0.376 e. The van der Waals surface area contributed by atoms with E-state index in [-0.39, 0.29) is 30.7 Å². The van der Waals surface area contributed by atoms with Gasteiger partial charge >= 0.3 is 17.9 Å². The number of esters is 2. The second-order valence-corrected chi connectivity index (χ2v) is 10.1. The van der Waals surface area contributed by atoms with Gasteiger partial charge in [0.2, 0.25) is 0 Å². The number of alkyl halides is 2. The second-order valence-electron chi connectivity index (χ2n) is 10.1. The molecule has 3 atom stereocenters. The number of halogens is 2. The fourth-order valence-corrected chi connectivity index (χ4v) is 6.15. The van der Waals surface area contributed by atoms with Crippen molar-refractivity contribution < 1.29 is 37.3 Å². The van der Waals surface area contributed by atoms with Crippen molar-refractivity contribution in [3.63, 3.8) is 0 Å². The summed E-state index contributed by atoms with van der Waals surface area (Å²) in [4.78, 5) is 23.0. The van der Waals surface area contributed by atoms with Crippen LogP contribution in [0.5, 0.6) is 0 Å². The van der Waals surface area contributed by atoms with E-state index >= 15 is 0 Å². The zero-order valence-corrected chi connectivity index (χ0v) is 18.7. The first-order chi connectivity index (χ1) is 14.4. The van der Waals surface area contributed by atoms with Gasteiger partial charge < -0.3 is 18.9 Å². The molecule has 176 valence electrons. The summed E-state index contributed by atoms with van der Waals surface area (Å²) in [5.74, 6) is -4.32. The number of hydrogen-bond acceptors (Lipinski definition) is 6. The number of rotatable bonds is 11. The molecule has 4 saturated carbocycles. The molecule has 0 heterocycles. The maximum atomic E-state index is 13.2. The fourth-order valence-electron chi connectivity index (χ4n) is 6.15. The fraction of sp³-hybridized carbons (Fsp3) is 0.826. The molecule has 0 amide bonds. The highest BCUT2D eigenvalue weighted by Crippen LogP contribution is 2.65. The summed E-state index contributed by atoms with van der Waals surface area (Å²) in [7, 11) is 0. The van der Waals surface area contributed by atoms with Gasteiger partial charge in [0.05, 0.1) is 19.8 Å². The van der Waals surface area contributed by atoms with Crippen LogP contribution in [0.25, 0.3) is 0 Å². The van der Waals surface area contributed by atoms with Crippen molar-refractivity contribution in [2.24, 2.45) is 22.7 Å². The molecule has 4 bridgehead atoms. The Balaban J connectivity index is 1.49. The summed E-state index contributed by atoms with van der Waals surface area (Å²) >= 11 is 0. The van der Waals surface area contributed by atoms with Crippen LogP contribution in [0.15, 0.2) is 12.2 Å². The van der Waals surface area contributed by atoms with Crippen LogP contribution in [0.4, 0.5) is 8.78 Å². The molecule has 0 N–H and O–H groups in total. The molecule has 6 nitrogen and oxygen atoms in total. The first-order valence-corrected chi connectivity index (χ1v) is 11.0. The van der Waals surface area contributed by atoms with Gasteiger partial charge in [-0.25, -0.2) is 9.59 Å². The molecule has 0 saturated heterocycles. The minimum atomic E-state index is -3.46. The van der Waals surface area contributed by atoms with Crippen LogP contribution >= 0.6 is 0 Å². The molecule has 4 fully saturated rings. The van der Waals surface area contributed by atoms with Crippen molar-refractivity contribution in [2.45, 2.75) is 71.5 Å². The summed E-state index contributed by atoms with van der Waals surface area (Å²) < 4.78 is 48.1. The summed E-state index contributed by atoms with van der Waals surface area (Å²) in [6.45, 7) is 8.43. The Morgan fingerprint density at radius 2 is 1.61 bits per heavy atom. The molecule has 0 spiro atoms. The van der Waals surface area contributed by atoms with E-state index in [0.717, 1.165) is 38.5 Å². The molecule has 0 aromatic carbocycles. The molecule has 0 radical (unpaired) electrons. The lowest BCUT2D eigenvalue weighted by atomic mass is 9.44. The Morgan fingerprint density at radius 3 is 2.16 bits per heavy atom. The molecule has 0 aliphatic heterocycles. The third kappa shape index (κ3) is 6.04. The van der Waals surface area contributed by atoms with E-state index in [2.05, 4.69) is 6.58 Å². The van der Waals surface area contributed by atoms with E-state index in [4.69, 9.17) is 18.9 Å². The third-order valence-electron chi connectivity index (χ3n) is 6.81.